The van der Waals surface area contributed by atoms with E-state index in [0.29, 0.717) is 26.7 Å². The van der Waals surface area contributed by atoms with Crippen LogP contribution in [0.3, 0.4) is 0 Å². The molecule has 0 aliphatic carbocycles. The van der Waals surface area contributed by atoms with E-state index in [4.69, 9.17) is 16.3 Å². The van der Waals surface area contributed by atoms with Gasteiger partial charge in [0.05, 0.1) is 12.1 Å². The van der Waals surface area contributed by atoms with Gasteiger partial charge in [0.25, 0.3) is 0 Å². The molecule has 0 amide bonds. The molecule has 68 valence electrons. The summed E-state index contributed by atoms with van der Waals surface area (Å²) < 4.78 is 9.29. The molecule has 6 heteroatoms. The Morgan fingerprint density at radius 3 is 3.08 bits per heavy atom. The van der Waals surface area contributed by atoms with Gasteiger partial charge in [-0.05, 0) is 4.90 Å². The normalized spacial score (nSPS) is 10.6. The van der Waals surface area contributed by atoms with Crippen LogP contribution in [0.5, 0.6) is 5.75 Å². The summed E-state index contributed by atoms with van der Waals surface area (Å²) in [7, 11) is 1.47. The Morgan fingerprint density at radius 2 is 2.38 bits per heavy atom. The SMILES string of the molecule is COc1cc2c(cc1Cl)no[n+]2[O-]. The quantitative estimate of drug-likeness (QED) is 0.648. The smallest absolute Gasteiger partial charge is 0.250 e. The average Bonchev–Trinajstić information content (AvgIpc) is 2.46. The second kappa shape index (κ2) is 2.77. The number of halogens is 1. The summed E-state index contributed by atoms with van der Waals surface area (Å²) in [4.78, 5) is 0.300. The maximum atomic E-state index is 10.9. The maximum Gasteiger partial charge on any atom is 0.250 e. The van der Waals surface area contributed by atoms with Crippen LogP contribution in [-0.4, -0.2) is 12.3 Å². The number of rotatable bonds is 1. The monoisotopic (exact) mass is 200 g/mol. The maximum absolute atomic E-state index is 10.9. The average molecular weight is 201 g/mol. The van der Waals surface area contributed by atoms with Crippen LogP contribution in [0.2, 0.25) is 5.02 Å². The van der Waals surface area contributed by atoms with Crippen molar-refractivity contribution < 1.29 is 14.3 Å². The summed E-state index contributed by atoms with van der Waals surface area (Å²) in [5, 5.41) is 14.8. The molecule has 2 aromatic rings. The van der Waals surface area contributed by atoms with E-state index in [1.807, 2.05) is 0 Å². The molecule has 0 atom stereocenters. The molecule has 0 radical (unpaired) electrons. The number of hydrogen-bond acceptors (Lipinski definition) is 4. The third kappa shape index (κ3) is 1.17. The Labute approximate surface area is 78.0 Å². The van der Waals surface area contributed by atoms with Gasteiger partial charge in [-0.2, -0.15) is 0 Å². The first kappa shape index (κ1) is 8.12. The Hall–Kier alpha value is -1.49. The van der Waals surface area contributed by atoms with E-state index >= 15 is 0 Å². The zero-order chi connectivity index (χ0) is 9.42. The zero-order valence-corrected chi connectivity index (χ0v) is 7.41. The third-order valence-electron chi connectivity index (χ3n) is 1.66. The molecule has 1 aromatic heterocycles. The molecule has 0 bridgehead atoms. The van der Waals surface area contributed by atoms with Crippen molar-refractivity contribution in [1.82, 2.24) is 5.16 Å². The van der Waals surface area contributed by atoms with Gasteiger partial charge < -0.3 is 9.94 Å². The van der Waals surface area contributed by atoms with Crippen LogP contribution >= 0.6 is 11.6 Å². The molecule has 0 N–H and O–H groups in total. The Morgan fingerprint density at radius 1 is 1.62 bits per heavy atom. The van der Waals surface area contributed by atoms with Crippen molar-refractivity contribution >= 4 is 22.6 Å². The first-order valence-electron chi connectivity index (χ1n) is 3.45. The Balaban J connectivity index is 2.77. The van der Waals surface area contributed by atoms with E-state index < -0.39 is 0 Å². The predicted octanol–water partition coefficient (Wildman–Crippen LogP) is 1.12. The van der Waals surface area contributed by atoms with E-state index in [1.165, 1.54) is 19.2 Å². The lowest BCUT2D eigenvalue weighted by Gasteiger charge is -1.99. The fourth-order valence-electron chi connectivity index (χ4n) is 1.03. The van der Waals surface area contributed by atoms with Gasteiger partial charge >= 0.3 is 0 Å². The standard InChI is InChI=1S/C7H5ClN2O3/c1-12-7-3-6-5(2-4(7)8)9-13-10(6)11/h2-3H,1H3. The van der Waals surface area contributed by atoms with Gasteiger partial charge in [-0.25, -0.2) is 0 Å². The second-order valence-corrected chi connectivity index (χ2v) is 2.81. The number of aromatic nitrogens is 2. The fraction of sp³-hybridized carbons (Fsp3) is 0.143. The lowest BCUT2D eigenvalue weighted by atomic mass is 10.3. The van der Waals surface area contributed by atoms with Crippen molar-refractivity contribution in [3.8, 4) is 5.75 Å². The fourth-order valence-corrected chi connectivity index (χ4v) is 1.27. The molecule has 5 nitrogen and oxygen atoms in total. The number of ether oxygens (including phenoxy) is 1. The molecule has 1 aromatic carbocycles. The van der Waals surface area contributed by atoms with Crippen LogP contribution in [0.1, 0.15) is 0 Å². The summed E-state index contributed by atoms with van der Waals surface area (Å²) in [5.74, 6) is 0.418. The molecule has 0 saturated heterocycles. The lowest BCUT2D eigenvalue weighted by molar-refractivity contribution is -0.782. The predicted molar refractivity (Wildman–Crippen MR) is 44.5 cm³/mol. The largest absolute Gasteiger partial charge is 0.495 e. The molecule has 2 rings (SSSR count). The minimum atomic E-state index is 0.293. The number of nitrogens with zero attached hydrogens (tertiary/aromatic N) is 2. The van der Waals surface area contributed by atoms with E-state index in [0.717, 1.165) is 0 Å². The summed E-state index contributed by atoms with van der Waals surface area (Å²) in [6.45, 7) is 0. The minimum absolute atomic E-state index is 0.293. The molecule has 0 fully saturated rings. The second-order valence-electron chi connectivity index (χ2n) is 2.41. The molecule has 1 heterocycles. The number of methoxy groups -OCH3 is 1. The summed E-state index contributed by atoms with van der Waals surface area (Å²) >= 11 is 5.79. The summed E-state index contributed by atoms with van der Waals surface area (Å²) in [6, 6.07) is 2.98. The van der Waals surface area contributed by atoms with Gasteiger partial charge in [-0.1, -0.05) is 11.6 Å². The number of benzene rings is 1. The van der Waals surface area contributed by atoms with Crippen molar-refractivity contribution in [2.75, 3.05) is 7.11 Å². The van der Waals surface area contributed by atoms with Gasteiger partial charge in [-0.15, -0.1) is 0 Å². The first-order chi connectivity index (χ1) is 6.22. The first-order valence-corrected chi connectivity index (χ1v) is 3.83. The van der Waals surface area contributed by atoms with Crippen molar-refractivity contribution in [3.63, 3.8) is 0 Å². The van der Waals surface area contributed by atoms with Gasteiger partial charge in [0.1, 0.15) is 5.75 Å². The Bertz CT molecular complexity index is 454. The molecule has 0 aliphatic heterocycles. The van der Waals surface area contributed by atoms with Crippen LogP contribution < -0.4 is 9.64 Å². The number of fused-ring (bicyclic) bond motifs is 1. The molecule has 0 unspecified atom stereocenters. The van der Waals surface area contributed by atoms with Gasteiger partial charge in [0.2, 0.25) is 11.0 Å². The van der Waals surface area contributed by atoms with Crippen molar-refractivity contribution in [3.05, 3.63) is 22.4 Å². The van der Waals surface area contributed by atoms with Crippen LogP contribution in [0.25, 0.3) is 11.0 Å². The number of hydrogen-bond donors (Lipinski definition) is 0. The lowest BCUT2D eigenvalue weighted by Crippen LogP contribution is -2.22. The van der Waals surface area contributed by atoms with Crippen LogP contribution in [0.15, 0.2) is 16.8 Å². The summed E-state index contributed by atoms with van der Waals surface area (Å²) in [6.07, 6.45) is 0. The van der Waals surface area contributed by atoms with Crippen LogP contribution in [-0.2, 0) is 0 Å². The van der Waals surface area contributed by atoms with Crippen molar-refractivity contribution in [2.24, 2.45) is 0 Å². The van der Waals surface area contributed by atoms with Gasteiger partial charge in [0, 0.05) is 17.3 Å². The highest BCUT2D eigenvalue weighted by atomic mass is 35.5. The van der Waals surface area contributed by atoms with Crippen molar-refractivity contribution in [1.29, 1.82) is 0 Å². The van der Waals surface area contributed by atoms with Crippen LogP contribution in [0, 0.1) is 5.21 Å². The highest BCUT2D eigenvalue weighted by Crippen LogP contribution is 2.27. The van der Waals surface area contributed by atoms with E-state index in [9.17, 15) is 5.21 Å². The summed E-state index contributed by atoms with van der Waals surface area (Å²) in [5.41, 5.74) is 0.696. The topological polar surface area (TPSA) is 62.2 Å². The van der Waals surface area contributed by atoms with E-state index in [-0.39, 0.29) is 0 Å². The van der Waals surface area contributed by atoms with Crippen molar-refractivity contribution in [2.45, 2.75) is 0 Å². The van der Waals surface area contributed by atoms with Gasteiger partial charge in [-0.3, -0.25) is 4.63 Å². The highest BCUT2D eigenvalue weighted by molar-refractivity contribution is 6.32. The zero-order valence-electron chi connectivity index (χ0n) is 6.65. The molecule has 0 saturated carbocycles. The molecular weight excluding hydrogens is 196 g/mol. The van der Waals surface area contributed by atoms with E-state index in [1.54, 1.807) is 0 Å². The highest BCUT2D eigenvalue weighted by Gasteiger charge is 2.13. The molecule has 0 spiro atoms. The van der Waals surface area contributed by atoms with Gasteiger partial charge in [0.15, 0.2) is 0 Å². The van der Waals surface area contributed by atoms with E-state index in [2.05, 4.69) is 9.79 Å². The molecule has 13 heavy (non-hydrogen) atoms. The minimum Gasteiger partial charge on any atom is -0.495 e. The van der Waals surface area contributed by atoms with Crippen LogP contribution in [0.4, 0.5) is 0 Å². The third-order valence-corrected chi connectivity index (χ3v) is 1.95. The molecular formula is C7H5ClN2O3. The Kier molecular flexibility index (Phi) is 1.73. The molecule has 0 aliphatic rings.